The molecule has 0 fully saturated rings. The van der Waals surface area contributed by atoms with E-state index < -0.39 is 26.9 Å². The quantitative estimate of drug-likeness (QED) is 0.546. The third-order valence-corrected chi connectivity index (χ3v) is 4.70. The Balaban J connectivity index is 2.75. The number of aromatic nitrogens is 1. The molecule has 0 aromatic carbocycles. The number of nitrogens with zero attached hydrogens (tertiary/aromatic N) is 2. The number of pyridine rings is 1. The Kier molecular flexibility index (Phi) is 6.19. The average molecular weight is 317 g/mol. The molecule has 0 saturated carbocycles. The van der Waals surface area contributed by atoms with Crippen molar-refractivity contribution in [3.05, 3.63) is 28.4 Å². The number of hydrogen-bond donors (Lipinski definition) is 2. The van der Waals surface area contributed by atoms with Crippen LogP contribution < -0.4 is 4.72 Å². The SMILES string of the molecule is CCC(CC)C(O)CNS(=O)(=O)c1ccc([N+](=O)[O-])nc1. The van der Waals surface area contributed by atoms with Crippen molar-refractivity contribution in [2.75, 3.05) is 6.54 Å². The Bertz CT molecular complexity index is 569. The molecule has 1 aromatic rings. The van der Waals surface area contributed by atoms with Gasteiger partial charge in [-0.1, -0.05) is 26.7 Å². The molecule has 1 aromatic heterocycles. The highest BCUT2D eigenvalue weighted by Gasteiger charge is 2.21. The Morgan fingerprint density at radius 1 is 1.38 bits per heavy atom. The predicted molar refractivity (Wildman–Crippen MR) is 76.2 cm³/mol. The number of rotatable bonds is 8. The van der Waals surface area contributed by atoms with Crippen molar-refractivity contribution in [3.63, 3.8) is 0 Å². The first-order valence-corrected chi connectivity index (χ1v) is 8.08. The van der Waals surface area contributed by atoms with Crippen molar-refractivity contribution >= 4 is 15.8 Å². The summed E-state index contributed by atoms with van der Waals surface area (Å²) in [5.74, 6) is -0.409. The zero-order valence-electron chi connectivity index (χ0n) is 11.9. The standard InChI is InChI=1S/C12H19N3O5S/c1-3-9(4-2)11(16)8-14-21(19,20)10-5-6-12(13-7-10)15(17)18/h5-7,9,11,14,16H,3-4,8H2,1-2H3. The molecule has 8 nitrogen and oxygen atoms in total. The topological polar surface area (TPSA) is 122 Å². The smallest absolute Gasteiger partial charge is 0.363 e. The van der Waals surface area contributed by atoms with Crippen LogP contribution in [0, 0.1) is 16.0 Å². The van der Waals surface area contributed by atoms with Crippen LogP contribution in [0.4, 0.5) is 5.82 Å². The number of sulfonamides is 1. The molecule has 118 valence electrons. The highest BCUT2D eigenvalue weighted by molar-refractivity contribution is 7.89. The van der Waals surface area contributed by atoms with Gasteiger partial charge in [-0.25, -0.2) is 13.1 Å². The fourth-order valence-corrected chi connectivity index (χ4v) is 2.91. The second kappa shape index (κ2) is 7.43. The van der Waals surface area contributed by atoms with Gasteiger partial charge in [0.2, 0.25) is 10.0 Å². The van der Waals surface area contributed by atoms with Crippen LogP contribution in [0.15, 0.2) is 23.2 Å². The summed E-state index contributed by atoms with van der Waals surface area (Å²) in [5.41, 5.74) is 0. The highest BCUT2D eigenvalue weighted by Crippen LogP contribution is 2.15. The van der Waals surface area contributed by atoms with Crippen molar-refractivity contribution in [1.29, 1.82) is 0 Å². The minimum Gasteiger partial charge on any atom is -0.391 e. The zero-order chi connectivity index (χ0) is 16.0. The monoisotopic (exact) mass is 317 g/mol. The summed E-state index contributed by atoms with van der Waals surface area (Å²) < 4.78 is 26.3. The van der Waals surface area contributed by atoms with Gasteiger partial charge in [0.15, 0.2) is 6.20 Å². The second-order valence-electron chi connectivity index (χ2n) is 4.61. The first kappa shape index (κ1) is 17.5. The maximum absolute atomic E-state index is 12.0. The molecule has 21 heavy (non-hydrogen) atoms. The fourth-order valence-electron chi connectivity index (χ4n) is 1.92. The minimum absolute atomic E-state index is 0.0164. The Morgan fingerprint density at radius 2 is 2.00 bits per heavy atom. The second-order valence-corrected chi connectivity index (χ2v) is 6.37. The first-order valence-electron chi connectivity index (χ1n) is 6.60. The fraction of sp³-hybridized carbons (Fsp3) is 0.583. The van der Waals surface area contributed by atoms with Crippen molar-refractivity contribution < 1.29 is 18.4 Å². The van der Waals surface area contributed by atoms with Gasteiger partial charge in [-0.3, -0.25) is 0 Å². The maximum Gasteiger partial charge on any atom is 0.363 e. The van der Waals surface area contributed by atoms with E-state index in [1.54, 1.807) is 0 Å². The van der Waals surface area contributed by atoms with Crippen molar-refractivity contribution in [2.45, 2.75) is 37.7 Å². The van der Waals surface area contributed by atoms with Crippen LogP contribution in [0.2, 0.25) is 0 Å². The summed E-state index contributed by atoms with van der Waals surface area (Å²) in [4.78, 5) is 13.0. The molecule has 0 amide bonds. The molecule has 9 heteroatoms. The first-order chi connectivity index (χ1) is 9.81. The summed E-state index contributed by atoms with van der Waals surface area (Å²) in [6, 6.07) is 2.13. The summed E-state index contributed by atoms with van der Waals surface area (Å²) in [5, 5.41) is 20.4. The predicted octanol–water partition coefficient (Wildman–Crippen LogP) is 1.07. The minimum atomic E-state index is -3.84. The van der Waals surface area contributed by atoms with Crippen molar-refractivity contribution in [1.82, 2.24) is 9.71 Å². The van der Waals surface area contributed by atoms with E-state index in [4.69, 9.17) is 0 Å². The molecule has 1 unspecified atom stereocenters. The van der Waals surface area contributed by atoms with E-state index in [0.717, 1.165) is 31.2 Å². The van der Waals surface area contributed by atoms with Crippen LogP contribution in [0.1, 0.15) is 26.7 Å². The molecular formula is C12H19N3O5S. The lowest BCUT2D eigenvalue weighted by atomic mass is 9.97. The third-order valence-electron chi connectivity index (χ3n) is 3.29. The molecule has 0 saturated heterocycles. The summed E-state index contributed by atoms with van der Waals surface area (Å²) in [7, 11) is -3.84. The van der Waals surface area contributed by atoms with Gasteiger partial charge < -0.3 is 15.2 Å². The molecule has 0 aliphatic carbocycles. The summed E-state index contributed by atoms with van der Waals surface area (Å²) in [6.07, 6.45) is 1.64. The number of nitrogens with one attached hydrogen (secondary N) is 1. The van der Waals surface area contributed by atoms with Gasteiger partial charge in [-0.2, -0.15) is 0 Å². The van der Waals surface area contributed by atoms with E-state index in [1.165, 1.54) is 0 Å². The number of hydrogen-bond acceptors (Lipinski definition) is 6. The van der Waals surface area contributed by atoms with Gasteiger partial charge in [0.1, 0.15) is 4.90 Å². The van der Waals surface area contributed by atoms with E-state index >= 15 is 0 Å². The molecule has 0 radical (unpaired) electrons. The van der Waals surface area contributed by atoms with Gasteiger partial charge in [0.25, 0.3) is 0 Å². The maximum atomic E-state index is 12.0. The molecule has 1 atom stereocenters. The van der Waals surface area contributed by atoms with E-state index in [1.807, 2.05) is 13.8 Å². The van der Waals surface area contributed by atoms with E-state index in [0.29, 0.717) is 0 Å². The lowest BCUT2D eigenvalue weighted by Gasteiger charge is -2.20. The van der Waals surface area contributed by atoms with Crippen LogP contribution in [0.3, 0.4) is 0 Å². The van der Waals surface area contributed by atoms with Gasteiger partial charge >= 0.3 is 5.82 Å². The number of nitro groups is 1. The molecule has 0 aliphatic rings. The molecule has 1 rings (SSSR count). The zero-order valence-corrected chi connectivity index (χ0v) is 12.7. The molecule has 0 spiro atoms. The van der Waals surface area contributed by atoms with Gasteiger partial charge in [0, 0.05) is 12.6 Å². The van der Waals surface area contributed by atoms with Crippen LogP contribution in [-0.4, -0.2) is 36.1 Å². The highest BCUT2D eigenvalue weighted by atomic mass is 32.2. The van der Waals surface area contributed by atoms with Crippen LogP contribution in [0.25, 0.3) is 0 Å². The molecular weight excluding hydrogens is 298 g/mol. The molecule has 1 heterocycles. The third kappa shape index (κ3) is 4.73. The van der Waals surface area contributed by atoms with Gasteiger partial charge in [-0.15, -0.1) is 0 Å². The van der Waals surface area contributed by atoms with Gasteiger partial charge in [0.05, 0.1) is 6.10 Å². The van der Waals surface area contributed by atoms with Crippen LogP contribution in [-0.2, 0) is 10.0 Å². The van der Waals surface area contributed by atoms with Crippen molar-refractivity contribution in [2.24, 2.45) is 5.92 Å². The summed E-state index contributed by atoms with van der Waals surface area (Å²) in [6.45, 7) is 3.74. The van der Waals surface area contributed by atoms with Crippen LogP contribution in [0.5, 0.6) is 0 Å². The molecule has 0 bridgehead atoms. The van der Waals surface area contributed by atoms with Crippen molar-refractivity contribution in [3.8, 4) is 0 Å². The largest absolute Gasteiger partial charge is 0.391 e. The molecule has 2 N–H and O–H groups in total. The van der Waals surface area contributed by atoms with E-state index in [-0.39, 0.29) is 17.4 Å². The summed E-state index contributed by atoms with van der Waals surface area (Å²) >= 11 is 0. The van der Waals surface area contributed by atoms with Gasteiger partial charge in [-0.05, 0) is 21.9 Å². The van der Waals surface area contributed by atoms with Crippen LogP contribution >= 0.6 is 0 Å². The lowest BCUT2D eigenvalue weighted by Crippen LogP contribution is -2.36. The lowest BCUT2D eigenvalue weighted by molar-refractivity contribution is -0.389. The average Bonchev–Trinajstić information content (AvgIpc) is 2.46. The normalized spacial score (nSPS) is 13.3. The Morgan fingerprint density at radius 3 is 2.43 bits per heavy atom. The Labute approximate surface area is 123 Å². The Hall–Kier alpha value is -1.58. The number of aliphatic hydroxyl groups excluding tert-OH is 1. The number of aliphatic hydroxyl groups is 1. The molecule has 0 aliphatic heterocycles. The van der Waals surface area contributed by atoms with E-state index in [9.17, 15) is 23.6 Å². The van der Waals surface area contributed by atoms with E-state index in [2.05, 4.69) is 9.71 Å².